The molecule has 0 amide bonds. The van der Waals surface area contributed by atoms with Gasteiger partial charge >= 0.3 is 5.97 Å². The lowest BCUT2D eigenvalue weighted by Gasteiger charge is -2.08. The maximum absolute atomic E-state index is 11.2. The number of carbonyl (C=O) groups is 2. The highest BCUT2D eigenvalue weighted by Gasteiger charge is 2.21. The number of hydrogen-bond acceptors (Lipinski definition) is 3. The maximum Gasteiger partial charge on any atom is 0.336 e. The minimum Gasteiger partial charge on any atom is -0.506 e. The number of carboxylic acids is 1. The fourth-order valence-corrected chi connectivity index (χ4v) is 2.52. The van der Waals surface area contributed by atoms with Gasteiger partial charge in [-0.3, -0.25) is 4.79 Å². The molecule has 0 saturated carbocycles. The second-order valence-corrected chi connectivity index (χ2v) is 4.45. The summed E-state index contributed by atoms with van der Waals surface area (Å²) in [5.74, 6) is -1.84. The third-order valence-electron chi connectivity index (χ3n) is 1.78. The first-order valence-corrected chi connectivity index (χ1v) is 5.40. The first-order chi connectivity index (χ1) is 6.86. The zero-order chi connectivity index (χ0) is 11.7. The van der Waals surface area contributed by atoms with E-state index in [9.17, 15) is 14.7 Å². The van der Waals surface area contributed by atoms with E-state index in [1.165, 1.54) is 13.0 Å². The molecule has 15 heavy (non-hydrogen) atoms. The van der Waals surface area contributed by atoms with Crippen molar-refractivity contribution in [2.24, 2.45) is 0 Å². The molecule has 0 aliphatic carbocycles. The van der Waals surface area contributed by atoms with Crippen molar-refractivity contribution < 1.29 is 19.8 Å². The van der Waals surface area contributed by atoms with Crippen molar-refractivity contribution in [3.63, 3.8) is 0 Å². The largest absolute Gasteiger partial charge is 0.506 e. The lowest BCUT2D eigenvalue weighted by Crippen LogP contribution is -2.07. The third-order valence-corrected chi connectivity index (χ3v) is 3.15. The zero-order valence-corrected chi connectivity index (χ0v) is 10.7. The van der Waals surface area contributed by atoms with Gasteiger partial charge in [0.1, 0.15) is 5.75 Å². The number of hydrogen-bond donors (Lipinski definition) is 2. The molecular weight excluding hydrogens is 332 g/mol. The van der Waals surface area contributed by atoms with E-state index in [0.717, 1.165) is 0 Å². The van der Waals surface area contributed by atoms with Crippen molar-refractivity contribution in [1.29, 1.82) is 0 Å². The second-order valence-electron chi connectivity index (χ2n) is 2.80. The van der Waals surface area contributed by atoms with Crippen LogP contribution in [-0.2, 0) is 0 Å². The van der Waals surface area contributed by atoms with Gasteiger partial charge in [0.15, 0.2) is 5.78 Å². The molecule has 6 heteroatoms. The summed E-state index contributed by atoms with van der Waals surface area (Å²) in [6, 6.07) is 1.19. The Kier molecular flexibility index (Phi) is 3.51. The Bertz CT molecular complexity index is 454. The molecule has 1 aromatic rings. The van der Waals surface area contributed by atoms with Crippen LogP contribution in [-0.4, -0.2) is 22.0 Å². The van der Waals surface area contributed by atoms with Gasteiger partial charge < -0.3 is 10.2 Å². The summed E-state index contributed by atoms with van der Waals surface area (Å²) in [6.07, 6.45) is 0. The number of carbonyl (C=O) groups excluding carboxylic acids is 1. The average molecular weight is 338 g/mol. The van der Waals surface area contributed by atoms with E-state index in [1.54, 1.807) is 0 Å². The minimum absolute atomic E-state index is 0.0387. The van der Waals surface area contributed by atoms with E-state index in [2.05, 4.69) is 31.9 Å². The van der Waals surface area contributed by atoms with Gasteiger partial charge in [0.25, 0.3) is 0 Å². The number of halogens is 2. The lowest BCUT2D eigenvalue weighted by molar-refractivity contribution is 0.0692. The molecule has 1 aromatic carbocycles. The van der Waals surface area contributed by atoms with E-state index in [4.69, 9.17) is 5.11 Å². The Labute approximate surface area is 102 Å². The minimum atomic E-state index is -1.22. The number of ketones is 1. The highest BCUT2D eigenvalue weighted by molar-refractivity contribution is 9.11. The molecule has 80 valence electrons. The monoisotopic (exact) mass is 336 g/mol. The van der Waals surface area contributed by atoms with E-state index >= 15 is 0 Å². The van der Waals surface area contributed by atoms with Crippen molar-refractivity contribution in [3.05, 3.63) is 26.1 Å². The fraction of sp³-hybridized carbons (Fsp3) is 0.111. The summed E-state index contributed by atoms with van der Waals surface area (Å²) >= 11 is 5.98. The van der Waals surface area contributed by atoms with Crippen LogP contribution in [0.3, 0.4) is 0 Å². The van der Waals surface area contributed by atoms with Crippen molar-refractivity contribution in [1.82, 2.24) is 0 Å². The van der Waals surface area contributed by atoms with Gasteiger partial charge in [-0.15, -0.1) is 0 Å². The number of Topliss-reactive ketones (excluding diaryl/α,β-unsaturated/α-hetero) is 1. The molecule has 0 radical (unpaired) electrons. The van der Waals surface area contributed by atoms with E-state index in [-0.39, 0.29) is 25.8 Å². The molecule has 0 fully saturated rings. The zero-order valence-electron chi connectivity index (χ0n) is 7.54. The molecule has 0 atom stereocenters. The van der Waals surface area contributed by atoms with Crippen LogP contribution in [0.5, 0.6) is 5.75 Å². The smallest absolute Gasteiger partial charge is 0.336 e. The van der Waals surface area contributed by atoms with Gasteiger partial charge in [0.05, 0.1) is 14.5 Å². The first-order valence-electron chi connectivity index (χ1n) is 3.81. The quantitative estimate of drug-likeness (QED) is 0.814. The van der Waals surface area contributed by atoms with Gasteiger partial charge in [0, 0.05) is 5.56 Å². The molecule has 0 aliphatic heterocycles. The molecule has 2 N–H and O–H groups in total. The SMILES string of the molecule is CC(=O)c1c(C(=O)O)cc(Br)c(O)c1Br. The van der Waals surface area contributed by atoms with Crippen molar-refractivity contribution in [3.8, 4) is 5.75 Å². The van der Waals surface area contributed by atoms with Crippen LogP contribution in [0.1, 0.15) is 27.6 Å². The molecule has 0 saturated heterocycles. The molecule has 0 aliphatic rings. The standard InChI is InChI=1S/C9H6Br2O4/c1-3(12)6-4(9(14)15)2-5(10)8(13)7(6)11/h2,13H,1H3,(H,14,15). The summed E-state index contributed by atoms with van der Waals surface area (Å²) < 4.78 is 0.304. The number of aromatic hydroxyl groups is 1. The van der Waals surface area contributed by atoms with Gasteiger partial charge in [0.2, 0.25) is 0 Å². The predicted molar refractivity (Wildman–Crippen MR) is 60.5 cm³/mol. The van der Waals surface area contributed by atoms with E-state index in [1.807, 2.05) is 0 Å². The number of carboxylic acid groups (broad SMARTS) is 1. The normalized spacial score (nSPS) is 10.1. The third kappa shape index (κ3) is 2.21. The molecule has 1 rings (SSSR count). The highest BCUT2D eigenvalue weighted by atomic mass is 79.9. The number of rotatable bonds is 2. The van der Waals surface area contributed by atoms with Crippen molar-refractivity contribution in [2.45, 2.75) is 6.92 Å². The van der Waals surface area contributed by atoms with Crippen LogP contribution in [0.15, 0.2) is 15.0 Å². The van der Waals surface area contributed by atoms with Gasteiger partial charge in [-0.05, 0) is 44.8 Å². The Morgan fingerprint density at radius 2 is 1.87 bits per heavy atom. The molecule has 0 heterocycles. The lowest BCUT2D eigenvalue weighted by atomic mass is 10.0. The summed E-state index contributed by atoms with van der Waals surface area (Å²) in [5, 5.41) is 18.4. The van der Waals surface area contributed by atoms with Crippen LogP contribution in [0.25, 0.3) is 0 Å². The molecule has 0 spiro atoms. The number of phenolic OH excluding ortho intramolecular Hbond substituents is 1. The van der Waals surface area contributed by atoms with Gasteiger partial charge in [-0.25, -0.2) is 4.79 Å². The summed E-state index contributed by atoms with van der Waals surface area (Å²) in [7, 11) is 0. The second kappa shape index (κ2) is 4.32. The van der Waals surface area contributed by atoms with Crippen LogP contribution < -0.4 is 0 Å². The van der Waals surface area contributed by atoms with Gasteiger partial charge in [-0.2, -0.15) is 0 Å². The summed E-state index contributed by atoms with van der Waals surface area (Å²) in [5.41, 5.74) is -0.192. The number of benzene rings is 1. The van der Waals surface area contributed by atoms with Crippen LogP contribution in [0.4, 0.5) is 0 Å². The van der Waals surface area contributed by atoms with Crippen molar-refractivity contribution in [2.75, 3.05) is 0 Å². The Balaban J connectivity index is 3.65. The van der Waals surface area contributed by atoms with E-state index in [0.29, 0.717) is 0 Å². The molecule has 0 bridgehead atoms. The Hall–Kier alpha value is -0.880. The van der Waals surface area contributed by atoms with Crippen molar-refractivity contribution >= 4 is 43.6 Å². The topological polar surface area (TPSA) is 74.6 Å². The Morgan fingerprint density at radius 1 is 1.33 bits per heavy atom. The molecule has 0 unspecified atom stereocenters. The fourth-order valence-electron chi connectivity index (χ4n) is 1.12. The maximum atomic E-state index is 11.2. The molecule has 0 aromatic heterocycles. The molecule has 4 nitrogen and oxygen atoms in total. The molecular formula is C9H6Br2O4. The Morgan fingerprint density at radius 3 is 2.27 bits per heavy atom. The van der Waals surface area contributed by atoms with Gasteiger partial charge in [-0.1, -0.05) is 0 Å². The summed E-state index contributed by atoms with van der Waals surface area (Å²) in [6.45, 7) is 1.24. The van der Waals surface area contributed by atoms with Crippen LogP contribution in [0, 0.1) is 0 Å². The van der Waals surface area contributed by atoms with E-state index < -0.39 is 11.8 Å². The first kappa shape index (κ1) is 12.2. The predicted octanol–water partition coefficient (Wildman–Crippen LogP) is 2.82. The highest BCUT2D eigenvalue weighted by Crippen LogP contribution is 2.37. The summed E-state index contributed by atoms with van der Waals surface area (Å²) in [4.78, 5) is 22.1. The average Bonchev–Trinajstić information content (AvgIpc) is 2.12. The number of phenols is 1. The van der Waals surface area contributed by atoms with Crippen LogP contribution in [0.2, 0.25) is 0 Å². The number of aromatic carboxylic acids is 1. The van der Waals surface area contributed by atoms with Crippen LogP contribution >= 0.6 is 31.9 Å².